The second-order valence-corrected chi connectivity index (χ2v) is 3.41. The van der Waals surface area contributed by atoms with Gasteiger partial charge in [0.15, 0.2) is 0 Å². The molecule has 0 aliphatic rings. The van der Waals surface area contributed by atoms with Crippen LogP contribution in [0.3, 0.4) is 0 Å². The molecule has 0 saturated heterocycles. The first kappa shape index (κ1) is 10.7. The Morgan fingerprint density at radius 1 is 1.36 bits per heavy atom. The van der Waals surface area contributed by atoms with Crippen molar-refractivity contribution < 1.29 is 0 Å². The zero-order chi connectivity index (χ0) is 8.69. The summed E-state index contributed by atoms with van der Waals surface area (Å²) < 4.78 is 0. The van der Waals surface area contributed by atoms with Crippen LogP contribution in [0, 0.1) is 11.8 Å². The number of allylic oxidation sites excluding steroid dienone is 1. The Balaban J connectivity index is 3.34. The monoisotopic (exact) mass is 155 g/mol. The van der Waals surface area contributed by atoms with Gasteiger partial charge in [-0.25, -0.2) is 0 Å². The minimum Gasteiger partial charge on any atom is -0.330 e. The second kappa shape index (κ2) is 6.41. The van der Waals surface area contributed by atoms with E-state index in [4.69, 9.17) is 5.73 Å². The smallest absolute Gasteiger partial charge is 0.00490 e. The molecule has 0 amide bonds. The number of hydrogen-bond acceptors (Lipinski definition) is 1. The van der Waals surface area contributed by atoms with Crippen molar-refractivity contribution in [2.75, 3.05) is 6.54 Å². The van der Waals surface area contributed by atoms with E-state index in [1.165, 1.54) is 12.8 Å². The molecule has 2 unspecified atom stereocenters. The van der Waals surface area contributed by atoms with E-state index in [0.717, 1.165) is 18.9 Å². The molecule has 11 heavy (non-hydrogen) atoms. The number of nitrogens with two attached hydrogens (primary N) is 1. The van der Waals surface area contributed by atoms with Gasteiger partial charge in [-0.2, -0.15) is 0 Å². The number of unbranched alkanes of at least 4 members (excludes halogenated alkanes) is 1. The van der Waals surface area contributed by atoms with E-state index >= 15 is 0 Å². The highest BCUT2D eigenvalue weighted by Gasteiger charge is 2.08. The average Bonchev–Trinajstić information content (AvgIpc) is 2.03. The summed E-state index contributed by atoms with van der Waals surface area (Å²) in [6.07, 6.45) is 5.67. The Morgan fingerprint density at radius 3 is 2.45 bits per heavy atom. The van der Waals surface area contributed by atoms with Gasteiger partial charge in [-0.3, -0.25) is 0 Å². The van der Waals surface area contributed by atoms with E-state index in [1.807, 2.05) is 6.08 Å². The van der Waals surface area contributed by atoms with Crippen molar-refractivity contribution in [2.45, 2.75) is 33.1 Å². The first-order chi connectivity index (χ1) is 5.22. The highest BCUT2D eigenvalue weighted by Crippen LogP contribution is 2.16. The zero-order valence-corrected chi connectivity index (χ0v) is 7.84. The minimum absolute atomic E-state index is 0.666. The molecular formula is C10H21N. The summed E-state index contributed by atoms with van der Waals surface area (Å²) in [4.78, 5) is 0. The highest BCUT2D eigenvalue weighted by molar-refractivity contribution is 4.68. The second-order valence-electron chi connectivity index (χ2n) is 3.41. The normalized spacial score (nSPS) is 15.9. The molecule has 66 valence electrons. The lowest BCUT2D eigenvalue weighted by molar-refractivity contribution is 0.365. The first-order valence-corrected chi connectivity index (χ1v) is 4.53. The van der Waals surface area contributed by atoms with Crippen molar-refractivity contribution in [1.82, 2.24) is 0 Å². The van der Waals surface area contributed by atoms with E-state index in [0.29, 0.717) is 5.92 Å². The predicted octanol–water partition coefficient (Wildman–Crippen LogP) is 2.57. The van der Waals surface area contributed by atoms with Crippen molar-refractivity contribution in [3.63, 3.8) is 0 Å². The van der Waals surface area contributed by atoms with Crippen LogP contribution in [0.15, 0.2) is 12.7 Å². The van der Waals surface area contributed by atoms with Crippen LogP contribution in [0.2, 0.25) is 0 Å². The van der Waals surface area contributed by atoms with Gasteiger partial charge in [0.2, 0.25) is 0 Å². The van der Waals surface area contributed by atoms with Crippen LogP contribution in [0.1, 0.15) is 33.1 Å². The van der Waals surface area contributed by atoms with Crippen LogP contribution < -0.4 is 5.73 Å². The maximum absolute atomic E-state index is 5.56. The third-order valence-electron chi connectivity index (χ3n) is 2.41. The van der Waals surface area contributed by atoms with Crippen LogP contribution >= 0.6 is 0 Å². The maximum atomic E-state index is 5.56. The molecule has 0 aromatic carbocycles. The molecule has 0 aliphatic carbocycles. The minimum atomic E-state index is 0.666. The van der Waals surface area contributed by atoms with Gasteiger partial charge in [-0.05, 0) is 31.2 Å². The van der Waals surface area contributed by atoms with E-state index in [9.17, 15) is 0 Å². The predicted molar refractivity (Wildman–Crippen MR) is 51.4 cm³/mol. The van der Waals surface area contributed by atoms with Crippen molar-refractivity contribution >= 4 is 0 Å². The molecule has 2 atom stereocenters. The Labute approximate surface area is 70.7 Å². The van der Waals surface area contributed by atoms with Gasteiger partial charge in [-0.15, -0.1) is 6.58 Å². The summed E-state index contributed by atoms with van der Waals surface area (Å²) in [5.74, 6) is 1.43. The Kier molecular flexibility index (Phi) is 6.24. The summed E-state index contributed by atoms with van der Waals surface area (Å²) in [7, 11) is 0. The Hall–Kier alpha value is -0.300. The fourth-order valence-electron chi connectivity index (χ4n) is 1.10. The third-order valence-corrected chi connectivity index (χ3v) is 2.41. The topological polar surface area (TPSA) is 26.0 Å². The SMILES string of the molecule is C=CCCCC(C)C(C)CN. The van der Waals surface area contributed by atoms with Gasteiger partial charge in [0.05, 0.1) is 0 Å². The van der Waals surface area contributed by atoms with Crippen molar-refractivity contribution in [3.05, 3.63) is 12.7 Å². The molecule has 0 aromatic rings. The quantitative estimate of drug-likeness (QED) is 0.463. The molecule has 1 heteroatoms. The molecule has 0 fully saturated rings. The molecule has 0 rings (SSSR count). The molecular weight excluding hydrogens is 134 g/mol. The van der Waals surface area contributed by atoms with E-state index in [-0.39, 0.29) is 0 Å². The summed E-state index contributed by atoms with van der Waals surface area (Å²) in [6, 6.07) is 0. The summed E-state index contributed by atoms with van der Waals surface area (Å²) in [6.45, 7) is 9.01. The molecule has 2 N–H and O–H groups in total. The highest BCUT2D eigenvalue weighted by atomic mass is 14.5. The molecule has 0 radical (unpaired) electrons. The van der Waals surface area contributed by atoms with Crippen LogP contribution in [-0.4, -0.2) is 6.54 Å². The molecule has 0 heterocycles. The Morgan fingerprint density at radius 2 is 2.00 bits per heavy atom. The van der Waals surface area contributed by atoms with Crippen molar-refractivity contribution in [3.8, 4) is 0 Å². The first-order valence-electron chi connectivity index (χ1n) is 4.53. The average molecular weight is 155 g/mol. The van der Waals surface area contributed by atoms with Gasteiger partial charge >= 0.3 is 0 Å². The van der Waals surface area contributed by atoms with Crippen LogP contribution in [-0.2, 0) is 0 Å². The Bertz CT molecular complexity index is 99.0. The molecule has 0 aliphatic heterocycles. The number of rotatable bonds is 6. The van der Waals surface area contributed by atoms with Gasteiger partial charge in [0.1, 0.15) is 0 Å². The largest absolute Gasteiger partial charge is 0.330 e. The maximum Gasteiger partial charge on any atom is -0.00490 e. The molecule has 0 saturated carbocycles. The van der Waals surface area contributed by atoms with E-state index in [1.54, 1.807) is 0 Å². The van der Waals surface area contributed by atoms with E-state index in [2.05, 4.69) is 20.4 Å². The van der Waals surface area contributed by atoms with Gasteiger partial charge in [-0.1, -0.05) is 26.3 Å². The van der Waals surface area contributed by atoms with Gasteiger partial charge in [0, 0.05) is 0 Å². The summed E-state index contributed by atoms with van der Waals surface area (Å²) >= 11 is 0. The van der Waals surface area contributed by atoms with E-state index < -0.39 is 0 Å². The summed E-state index contributed by atoms with van der Waals surface area (Å²) in [5.41, 5.74) is 5.56. The van der Waals surface area contributed by atoms with Crippen molar-refractivity contribution in [2.24, 2.45) is 17.6 Å². The molecule has 0 bridgehead atoms. The fourth-order valence-corrected chi connectivity index (χ4v) is 1.10. The van der Waals surface area contributed by atoms with Crippen LogP contribution in [0.4, 0.5) is 0 Å². The third kappa shape index (κ3) is 5.02. The summed E-state index contributed by atoms with van der Waals surface area (Å²) in [5, 5.41) is 0. The lowest BCUT2D eigenvalue weighted by Crippen LogP contribution is -2.18. The van der Waals surface area contributed by atoms with Gasteiger partial charge < -0.3 is 5.73 Å². The number of hydrogen-bond donors (Lipinski definition) is 1. The van der Waals surface area contributed by atoms with Crippen LogP contribution in [0.5, 0.6) is 0 Å². The van der Waals surface area contributed by atoms with Crippen LogP contribution in [0.25, 0.3) is 0 Å². The zero-order valence-electron chi connectivity index (χ0n) is 7.84. The van der Waals surface area contributed by atoms with Gasteiger partial charge in [0.25, 0.3) is 0 Å². The lowest BCUT2D eigenvalue weighted by Gasteiger charge is -2.17. The van der Waals surface area contributed by atoms with Crippen molar-refractivity contribution in [1.29, 1.82) is 0 Å². The standard InChI is InChI=1S/C10H21N/c1-4-5-6-7-9(2)10(3)8-11/h4,9-10H,1,5-8,11H2,2-3H3. The molecule has 1 nitrogen and oxygen atoms in total. The molecule has 0 aromatic heterocycles. The fraction of sp³-hybridized carbons (Fsp3) is 0.800. The lowest BCUT2D eigenvalue weighted by atomic mass is 9.91. The molecule has 0 spiro atoms.